The van der Waals surface area contributed by atoms with Gasteiger partial charge in [0.15, 0.2) is 0 Å². The van der Waals surface area contributed by atoms with Crippen LogP contribution >= 0.6 is 11.3 Å². The lowest BCUT2D eigenvalue weighted by atomic mass is 10.1. The molecule has 0 spiro atoms. The Kier molecular flexibility index (Phi) is 5.99. The smallest absolute Gasteiger partial charge is 0.433 e. The van der Waals surface area contributed by atoms with Gasteiger partial charge in [0, 0.05) is 17.1 Å². The van der Waals surface area contributed by atoms with E-state index in [0.29, 0.717) is 29.9 Å². The van der Waals surface area contributed by atoms with Gasteiger partial charge >= 0.3 is 6.18 Å². The van der Waals surface area contributed by atoms with Crippen LogP contribution in [0.4, 0.5) is 17.6 Å². The van der Waals surface area contributed by atoms with Crippen LogP contribution < -0.4 is 4.74 Å². The first-order chi connectivity index (χ1) is 14.9. The number of alkyl halides is 3. The second-order valence-electron chi connectivity index (χ2n) is 6.77. The Morgan fingerprint density at radius 3 is 2.23 bits per heavy atom. The van der Waals surface area contributed by atoms with Crippen molar-refractivity contribution in [1.29, 1.82) is 0 Å². The molecule has 158 valence electrons. The highest BCUT2D eigenvalue weighted by molar-refractivity contribution is 7.13. The lowest BCUT2D eigenvalue weighted by molar-refractivity contribution is -0.141. The van der Waals surface area contributed by atoms with E-state index in [0.717, 1.165) is 22.3 Å². The first-order valence-electron chi connectivity index (χ1n) is 9.37. The molecule has 0 unspecified atom stereocenters. The van der Waals surface area contributed by atoms with Crippen LogP contribution in [-0.4, -0.2) is 9.97 Å². The van der Waals surface area contributed by atoms with Crippen molar-refractivity contribution in [3.05, 3.63) is 95.0 Å². The molecule has 0 amide bonds. The third-order valence-electron chi connectivity index (χ3n) is 4.49. The minimum atomic E-state index is -4.45. The Morgan fingerprint density at radius 2 is 1.55 bits per heavy atom. The molecule has 2 aromatic heterocycles. The van der Waals surface area contributed by atoms with Crippen molar-refractivity contribution in [2.75, 3.05) is 0 Å². The van der Waals surface area contributed by atoms with E-state index in [4.69, 9.17) is 4.74 Å². The molecule has 8 heteroatoms. The van der Waals surface area contributed by atoms with Crippen LogP contribution in [0.5, 0.6) is 11.5 Å². The Bertz CT molecular complexity index is 1160. The first-order valence-corrected chi connectivity index (χ1v) is 10.3. The zero-order chi connectivity index (χ0) is 21.8. The van der Waals surface area contributed by atoms with Crippen molar-refractivity contribution in [2.45, 2.75) is 19.0 Å². The van der Waals surface area contributed by atoms with Crippen molar-refractivity contribution >= 4 is 11.3 Å². The normalized spacial score (nSPS) is 11.5. The number of rotatable bonds is 6. The van der Waals surface area contributed by atoms with Gasteiger partial charge in [0.25, 0.3) is 0 Å². The van der Waals surface area contributed by atoms with Crippen molar-refractivity contribution < 1.29 is 22.3 Å². The summed E-state index contributed by atoms with van der Waals surface area (Å²) in [5, 5.41) is 2.72. The molecule has 0 saturated heterocycles. The molecule has 0 N–H and O–H groups in total. The maximum atomic E-state index is 13.0. The van der Waals surface area contributed by atoms with Gasteiger partial charge in [0.05, 0.1) is 5.69 Å². The van der Waals surface area contributed by atoms with E-state index in [9.17, 15) is 17.6 Å². The van der Waals surface area contributed by atoms with E-state index < -0.39 is 11.9 Å². The van der Waals surface area contributed by atoms with E-state index in [-0.39, 0.29) is 5.82 Å². The number of halogens is 4. The molecular formula is C23H16F4N2OS. The monoisotopic (exact) mass is 444 g/mol. The van der Waals surface area contributed by atoms with Gasteiger partial charge in [-0.2, -0.15) is 13.2 Å². The Balaban J connectivity index is 1.39. The summed E-state index contributed by atoms with van der Waals surface area (Å²) in [6.07, 6.45) is -2.29. The lowest BCUT2D eigenvalue weighted by Gasteiger charge is -2.07. The number of hydrogen-bond acceptors (Lipinski definition) is 4. The maximum Gasteiger partial charge on any atom is 0.433 e. The molecule has 4 rings (SSSR count). The Morgan fingerprint density at radius 1 is 0.871 bits per heavy atom. The van der Waals surface area contributed by atoms with E-state index in [1.165, 1.54) is 29.7 Å². The van der Waals surface area contributed by atoms with Crippen LogP contribution in [0.1, 0.15) is 17.0 Å². The zero-order valence-corrected chi connectivity index (χ0v) is 16.9. The molecule has 31 heavy (non-hydrogen) atoms. The van der Waals surface area contributed by atoms with Crippen LogP contribution in [0.25, 0.3) is 10.6 Å². The van der Waals surface area contributed by atoms with Gasteiger partial charge in [-0.3, -0.25) is 4.98 Å². The van der Waals surface area contributed by atoms with Gasteiger partial charge in [-0.15, -0.1) is 11.3 Å². The van der Waals surface area contributed by atoms with Crippen molar-refractivity contribution in [1.82, 2.24) is 9.97 Å². The third kappa shape index (κ3) is 5.46. The first kappa shape index (κ1) is 21.0. The maximum absolute atomic E-state index is 13.0. The van der Waals surface area contributed by atoms with Gasteiger partial charge in [0.1, 0.15) is 28.0 Å². The number of aromatic nitrogens is 2. The Labute approximate surface area is 180 Å². The number of aryl methyl sites for hydroxylation is 2. The van der Waals surface area contributed by atoms with Gasteiger partial charge < -0.3 is 4.74 Å². The standard InChI is InChI=1S/C23H16F4N2OS/c24-17-4-9-20(10-5-17)30-19-7-2-16(3-8-19)22-29-18(14-31-22)6-1-15-11-12-28-21(13-15)23(25,26)27/h2-5,7-14H,1,6H2. The minimum Gasteiger partial charge on any atom is -0.457 e. The molecule has 0 bridgehead atoms. The molecule has 4 aromatic rings. The fraction of sp³-hybridized carbons (Fsp3) is 0.130. The van der Waals surface area contributed by atoms with E-state index >= 15 is 0 Å². The molecule has 0 radical (unpaired) electrons. The molecule has 0 aliphatic rings. The number of nitrogens with zero attached hydrogens (tertiary/aromatic N) is 2. The molecule has 0 saturated carbocycles. The fourth-order valence-corrected chi connectivity index (χ4v) is 3.78. The van der Waals surface area contributed by atoms with Gasteiger partial charge in [-0.25, -0.2) is 9.37 Å². The van der Waals surface area contributed by atoms with Crippen molar-refractivity contribution in [2.24, 2.45) is 0 Å². The van der Waals surface area contributed by atoms with Crippen molar-refractivity contribution in [3.8, 4) is 22.1 Å². The van der Waals surface area contributed by atoms with Crippen LogP contribution in [0.3, 0.4) is 0 Å². The molecule has 0 aliphatic heterocycles. The molecule has 0 aliphatic carbocycles. The number of ether oxygens (including phenoxy) is 1. The predicted octanol–water partition coefficient (Wildman–Crippen LogP) is 6.94. The number of pyridine rings is 1. The van der Waals surface area contributed by atoms with Gasteiger partial charge in [-0.1, -0.05) is 0 Å². The Hall–Kier alpha value is -3.26. The number of benzene rings is 2. The van der Waals surface area contributed by atoms with Gasteiger partial charge in [0.2, 0.25) is 0 Å². The van der Waals surface area contributed by atoms with Crippen LogP contribution in [-0.2, 0) is 19.0 Å². The molecule has 3 nitrogen and oxygen atoms in total. The summed E-state index contributed by atoms with van der Waals surface area (Å²) in [6, 6.07) is 15.8. The quantitative estimate of drug-likeness (QED) is 0.302. The van der Waals surface area contributed by atoms with Crippen LogP contribution in [0.2, 0.25) is 0 Å². The molecule has 2 aromatic carbocycles. The lowest BCUT2D eigenvalue weighted by Crippen LogP contribution is -2.08. The summed E-state index contributed by atoms with van der Waals surface area (Å²) in [7, 11) is 0. The van der Waals surface area contributed by atoms with E-state index in [2.05, 4.69) is 9.97 Å². The van der Waals surface area contributed by atoms with Crippen molar-refractivity contribution in [3.63, 3.8) is 0 Å². The third-order valence-corrected chi connectivity index (χ3v) is 5.43. The predicted molar refractivity (Wildman–Crippen MR) is 111 cm³/mol. The second-order valence-corrected chi connectivity index (χ2v) is 7.63. The van der Waals surface area contributed by atoms with Gasteiger partial charge in [-0.05, 0) is 79.1 Å². The minimum absolute atomic E-state index is 0.327. The molecule has 0 fully saturated rings. The summed E-state index contributed by atoms with van der Waals surface area (Å²) in [4.78, 5) is 7.97. The average Bonchev–Trinajstić information content (AvgIpc) is 3.23. The number of hydrogen-bond donors (Lipinski definition) is 0. The second kappa shape index (κ2) is 8.85. The van der Waals surface area contributed by atoms with Crippen LogP contribution in [0.15, 0.2) is 72.2 Å². The fourth-order valence-electron chi connectivity index (χ4n) is 2.92. The topological polar surface area (TPSA) is 35.0 Å². The largest absolute Gasteiger partial charge is 0.457 e. The highest BCUT2D eigenvalue weighted by atomic mass is 32.1. The number of thiazole rings is 1. The highest BCUT2D eigenvalue weighted by Crippen LogP contribution is 2.30. The summed E-state index contributed by atoms with van der Waals surface area (Å²) in [5.74, 6) is 0.827. The molecular weight excluding hydrogens is 428 g/mol. The van der Waals surface area contributed by atoms with E-state index in [1.54, 1.807) is 30.3 Å². The summed E-state index contributed by atoms with van der Waals surface area (Å²) in [6.45, 7) is 0. The zero-order valence-electron chi connectivity index (χ0n) is 16.1. The highest BCUT2D eigenvalue weighted by Gasteiger charge is 2.32. The van der Waals surface area contributed by atoms with E-state index in [1.807, 2.05) is 17.5 Å². The van der Waals surface area contributed by atoms with Crippen LogP contribution in [0, 0.1) is 5.82 Å². The summed E-state index contributed by atoms with van der Waals surface area (Å²) in [5.41, 5.74) is 1.41. The average molecular weight is 444 g/mol. The SMILES string of the molecule is Fc1ccc(Oc2ccc(-c3nc(CCc4ccnc(C(F)(F)F)c4)cs3)cc2)cc1. The summed E-state index contributed by atoms with van der Waals surface area (Å²) >= 11 is 1.47. The summed E-state index contributed by atoms with van der Waals surface area (Å²) < 4.78 is 57.0. The molecule has 0 atom stereocenters. The molecule has 2 heterocycles.